The number of hydrogen-bond acceptors (Lipinski definition) is 6. The largest absolute Gasteiger partial charge is 0.316 e. The molecular weight excluding hydrogens is 271 g/mol. The molecule has 0 aliphatic rings. The van der Waals surface area contributed by atoms with Crippen molar-refractivity contribution in [3.8, 4) is 10.7 Å². The van der Waals surface area contributed by atoms with Crippen LogP contribution in [0.5, 0.6) is 0 Å². The van der Waals surface area contributed by atoms with Gasteiger partial charge in [0.05, 0.1) is 0 Å². The molecule has 3 aromatic rings. The van der Waals surface area contributed by atoms with Gasteiger partial charge in [0.15, 0.2) is 5.13 Å². The Morgan fingerprint density at radius 3 is 2.89 bits per heavy atom. The van der Waals surface area contributed by atoms with Crippen molar-refractivity contribution in [3.05, 3.63) is 41.1 Å². The van der Waals surface area contributed by atoms with E-state index in [2.05, 4.69) is 20.3 Å². The summed E-state index contributed by atoms with van der Waals surface area (Å²) in [5.74, 6) is 0.110. The van der Waals surface area contributed by atoms with E-state index in [1.807, 2.05) is 10.8 Å². The van der Waals surface area contributed by atoms with Gasteiger partial charge in [-0.15, -0.1) is 22.7 Å². The fourth-order valence-corrected chi connectivity index (χ4v) is 2.74. The second-order valence-electron chi connectivity index (χ2n) is 3.36. The number of aromatic nitrogens is 3. The lowest BCUT2D eigenvalue weighted by molar-refractivity contribution is 0.626. The van der Waals surface area contributed by atoms with E-state index >= 15 is 0 Å². The third-order valence-electron chi connectivity index (χ3n) is 2.11. The molecule has 0 aromatic carbocycles. The Morgan fingerprint density at radius 2 is 2.11 bits per heavy atom. The standard InChI is InChI=1S/C11H7FN4S2/c12-7-1-2-13-9(5-7)16-11-15-8(6-18-11)10-14-3-4-17-10/h1-6H,(H,13,15,16). The van der Waals surface area contributed by atoms with Crippen molar-refractivity contribution in [2.75, 3.05) is 5.32 Å². The highest BCUT2D eigenvalue weighted by Gasteiger charge is 2.07. The number of nitrogens with one attached hydrogen (secondary N) is 1. The maximum Gasteiger partial charge on any atom is 0.188 e. The van der Waals surface area contributed by atoms with Crippen LogP contribution < -0.4 is 5.32 Å². The summed E-state index contributed by atoms with van der Waals surface area (Å²) in [5.41, 5.74) is 0.814. The van der Waals surface area contributed by atoms with Crippen molar-refractivity contribution in [1.82, 2.24) is 15.0 Å². The molecule has 0 amide bonds. The van der Waals surface area contributed by atoms with Gasteiger partial charge in [-0.05, 0) is 6.07 Å². The first-order valence-electron chi connectivity index (χ1n) is 5.05. The van der Waals surface area contributed by atoms with Crippen LogP contribution in [0.4, 0.5) is 15.3 Å². The van der Waals surface area contributed by atoms with E-state index in [-0.39, 0.29) is 5.82 Å². The molecule has 3 rings (SSSR count). The first-order chi connectivity index (χ1) is 8.81. The fourth-order valence-electron chi connectivity index (χ4n) is 1.36. The Bertz CT molecular complexity index is 651. The summed E-state index contributed by atoms with van der Waals surface area (Å²) in [6, 6.07) is 2.62. The zero-order valence-electron chi connectivity index (χ0n) is 9.00. The van der Waals surface area contributed by atoms with Gasteiger partial charge in [-0.2, -0.15) is 0 Å². The molecule has 4 nitrogen and oxygen atoms in total. The quantitative estimate of drug-likeness (QED) is 0.796. The highest BCUT2D eigenvalue weighted by atomic mass is 32.1. The summed E-state index contributed by atoms with van der Waals surface area (Å²) < 4.78 is 13.0. The lowest BCUT2D eigenvalue weighted by Crippen LogP contribution is -1.93. The van der Waals surface area contributed by atoms with Gasteiger partial charge < -0.3 is 5.32 Å². The molecule has 0 saturated carbocycles. The number of hydrogen-bond donors (Lipinski definition) is 1. The van der Waals surface area contributed by atoms with Gasteiger partial charge in [-0.1, -0.05) is 0 Å². The average Bonchev–Trinajstić information content (AvgIpc) is 2.98. The van der Waals surface area contributed by atoms with E-state index in [0.29, 0.717) is 10.9 Å². The minimum Gasteiger partial charge on any atom is -0.316 e. The number of anilines is 2. The number of halogens is 1. The Hall–Kier alpha value is -1.86. The minimum absolute atomic E-state index is 0.329. The van der Waals surface area contributed by atoms with Crippen molar-refractivity contribution in [2.24, 2.45) is 0 Å². The second kappa shape index (κ2) is 4.79. The summed E-state index contributed by atoms with van der Waals surface area (Å²) in [4.78, 5) is 12.6. The van der Waals surface area contributed by atoms with Crippen LogP contribution in [-0.2, 0) is 0 Å². The molecular formula is C11H7FN4S2. The van der Waals surface area contributed by atoms with Crippen LogP contribution in [0.3, 0.4) is 0 Å². The van der Waals surface area contributed by atoms with Crippen LogP contribution in [-0.4, -0.2) is 15.0 Å². The lowest BCUT2D eigenvalue weighted by atomic mass is 10.4. The van der Waals surface area contributed by atoms with Crippen LogP contribution in [0.1, 0.15) is 0 Å². The molecule has 3 heterocycles. The fraction of sp³-hybridized carbons (Fsp3) is 0. The number of rotatable bonds is 3. The molecule has 7 heteroatoms. The van der Waals surface area contributed by atoms with Gasteiger partial charge in [0.1, 0.15) is 22.3 Å². The molecule has 90 valence electrons. The van der Waals surface area contributed by atoms with E-state index in [9.17, 15) is 4.39 Å². The monoisotopic (exact) mass is 278 g/mol. The van der Waals surface area contributed by atoms with Crippen LogP contribution in [0, 0.1) is 5.82 Å². The van der Waals surface area contributed by atoms with Crippen molar-refractivity contribution >= 4 is 33.6 Å². The maximum atomic E-state index is 13.0. The molecule has 18 heavy (non-hydrogen) atoms. The number of pyridine rings is 1. The molecule has 0 aliphatic carbocycles. The maximum absolute atomic E-state index is 13.0. The average molecular weight is 278 g/mol. The summed E-state index contributed by atoms with van der Waals surface area (Å²) >= 11 is 2.96. The van der Waals surface area contributed by atoms with Gasteiger partial charge in [0, 0.05) is 29.2 Å². The molecule has 0 saturated heterocycles. The van der Waals surface area contributed by atoms with Gasteiger partial charge in [0.25, 0.3) is 0 Å². The summed E-state index contributed by atoms with van der Waals surface area (Å²) in [6.45, 7) is 0. The van der Waals surface area contributed by atoms with Crippen LogP contribution in [0.2, 0.25) is 0 Å². The molecule has 0 bridgehead atoms. The summed E-state index contributed by atoms with van der Waals surface area (Å²) in [6.07, 6.45) is 3.15. The topological polar surface area (TPSA) is 50.7 Å². The molecule has 0 aliphatic heterocycles. The van der Waals surface area contributed by atoms with Crippen molar-refractivity contribution in [2.45, 2.75) is 0 Å². The normalized spacial score (nSPS) is 10.5. The molecule has 3 aromatic heterocycles. The predicted molar refractivity (Wildman–Crippen MR) is 70.7 cm³/mol. The molecule has 0 spiro atoms. The Kier molecular flexibility index (Phi) is 2.99. The van der Waals surface area contributed by atoms with Crippen molar-refractivity contribution < 1.29 is 4.39 Å². The summed E-state index contributed by atoms with van der Waals surface area (Å²) in [5, 5.41) is 8.29. The Balaban J connectivity index is 1.82. The smallest absolute Gasteiger partial charge is 0.188 e. The predicted octanol–water partition coefficient (Wildman–Crippen LogP) is 3.54. The second-order valence-corrected chi connectivity index (χ2v) is 5.11. The Morgan fingerprint density at radius 1 is 1.17 bits per heavy atom. The highest BCUT2D eigenvalue weighted by molar-refractivity contribution is 7.15. The van der Waals surface area contributed by atoms with E-state index < -0.39 is 0 Å². The van der Waals surface area contributed by atoms with E-state index in [1.165, 1.54) is 41.0 Å². The highest BCUT2D eigenvalue weighted by Crippen LogP contribution is 2.27. The van der Waals surface area contributed by atoms with Crippen molar-refractivity contribution in [1.29, 1.82) is 0 Å². The van der Waals surface area contributed by atoms with Crippen LogP contribution >= 0.6 is 22.7 Å². The van der Waals surface area contributed by atoms with Gasteiger partial charge in [-0.25, -0.2) is 19.3 Å². The SMILES string of the molecule is Fc1ccnc(Nc2nc(-c3nccs3)cs2)c1. The lowest BCUT2D eigenvalue weighted by Gasteiger charge is -2.00. The molecule has 0 radical (unpaired) electrons. The van der Waals surface area contributed by atoms with E-state index in [4.69, 9.17) is 0 Å². The van der Waals surface area contributed by atoms with Crippen LogP contribution in [0.15, 0.2) is 35.3 Å². The van der Waals surface area contributed by atoms with Gasteiger partial charge >= 0.3 is 0 Å². The zero-order chi connectivity index (χ0) is 12.4. The summed E-state index contributed by atoms with van der Waals surface area (Å²) in [7, 11) is 0. The minimum atomic E-state index is -0.329. The van der Waals surface area contributed by atoms with E-state index in [0.717, 1.165) is 10.7 Å². The van der Waals surface area contributed by atoms with E-state index in [1.54, 1.807) is 6.20 Å². The molecule has 0 fully saturated rings. The molecule has 0 unspecified atom stereocenters. The molecule has 1 N–H and O–H groups in total. The molecule has 0 atom stereocenters. The first kappa shape index (κ1) is 11.2. The third kappa shape index (κ3) is 2.36. The van der Waals surface area contributed by atoms with Crippen molar-refractivity contribution in [3.63, 3.8) is 0 Å². The van der Waals surface area contributed by atoms with Crippen LogP contribution in [0.25, 0.3) is 10.7 Å². The van der Waals surface area contributed by atoms with Gasteiger partial charge in [0.2, 0.25) is 0 Å². The zero-order valence-corrected chi connectivity index (χ0v) is 10.6. The first-order valence-corrected chi connectivity index (χ1v) is 6.81. The number of nitrogens with zero attached hydrogens (tertiary/aromatic N) is 3. The van der Waals surface area contributed by atoms with Gasteiger partial charge in [-0.3, -0.25) is 0 Å². The Labute approximate surface area is 110 Å². The third-order valence-corrected chi connectivity index (χ3v) is 3.67. The number of thiazole rings is 2.